The summed E-state index contributed by atoms with van der Waals surface area (Å²) < 4.78 is 17.0. The summed E-state index contributed by atoms with van der Waals surface area (Å²) in [7, 11) is 4.00. The van der Waals surface area contributed by atoms with Gasteiger partial charge < -0.3 is 35.7 Å². The van der Waals surface area contributed by atoms with Gasteiger partial charge in [0.05, 0.1) is 20.7 Å². The van der Waals surface area contributed by atoms with Crippen LogP contribution in [0.1, 0.15) is 33.1 Å². The molecule has 0 N–H and O–H groups in total. The Kier molecular flexibility index (Phi) is 10.2. The van der Waals surface area contributed by atoms with E-state index in [1.54, 1.807) is 0 Å². The lowest BCUT2D eigenvalue weighted by molar-refractivity contribution is -0.903. The van der Waals surface area contributed by atoms with Crippen molar-refractivity contribution in [2.24, 2.45) is 0 Å². The first-order chi connectivity index (χ1) is 9.86. The molecule has 2 unspecified atom stereocenters. The quantitative estimate of drug-likeness (QED) is 0.312. The molecule has 1 rings (SSSR count). The van der Waals surface area contributed by atoms with Crippen LogP contribution in [-0.2, 0) is 19.0 Å². The van der Waals surface area contributed by atoms with Crippen LogP contribution in [0.2, 0.25) is 0 Å². The molecular weight excluding hydrogens is 350 g/mol. The number of nitrogens with zero attached hydrogens (tertiary/aromatic N) is 1. The van der Waals surface area contributed by atoms with Gasteiger partial charge in [0.2, 0.25) is 0 Å². The summed E-state index contributed by atoms with van der Waals surface area (Å²) in [6.07, 6.45) is 3.06. The van der Waals surface area contributed by atoms with Gasteiger partial charge in [0, 0.05) is 6.61 Å². The van der Waals surface area contributed by atoms with Gasteiger partial charge in [-0.15, -0.1) is 0 Å². The molecule has 22 heavy (non-hydrogen) atoms. The van der Waals surface area contributed by atoms with E-state index < -0.39 is 0 Å². The van der Waals surface area contributed by atoms with E-state index in [-0.39, 0.29) is 35.3 Å². The van der Waals surface area contributed by atoms with Crippen LogP contribution in [0.3, 0.4) is 0 Å². The van der Waals surface area contributed by atoms with E-state index in [0.29, 0.717) is 24.2 Å². The van der Waals surface area contributed by atoms with E-state index in [4.69, 9.17) is 14.2 Å². The Morgan fingerprint density at radius 3 is 2.59 bits per heavy atom. The normalized spacial score (nSPS) is 19.9. The van der Waals surface area contributed by atoms with Gasteiger partial charge in [-0.3, -0.25) is 0 Å². The number of carbonyl (C=O) groups excluding carboxylic acids is 1. The first-order valence-electron chi connectivity index (χ1n) is 7.73. The molecule has 0 aromatic rings. The van der Waals surface area contributed by atoms with Gasteiger partial charge in [-0.25, -0.2) is 4.79 Å². The van der Waals surface area contributed by atoms with Gasteiger partial charge in [0.15, 0.2) is 12.8 Å². The molecule has 1 saturated heterocycles. The van der Waals surface area contributed by atoms with E-state index in [1.807, 2.05) is 27.9 Å². The molecule has 0 aromatic heterocycles. The lowest BCUT2D eigenvalue weighted by Gasteiger charge is -2.38. The predicted molar refractivity (Wildman–Crippen MR) is 81.8 cm³/mol. The molecule has 5 nitrogen and oxygen atoms in total. The zero-order valence-electron chi connectivity index (χ0n) is 14.3. The zero-order chi connectivity index (χ0) is 15.9. The Morgan fingerprint density at radius 1 is 1.41 bits per heavy atom. The van der Waals surface area contributed by atoms with Gasteiger partial charge in [-0.05, 0) is 38.7 Å². The van der Waals surface area contributed by atoms with Gasteiger partial charge in [0.25, 0.3) is 0 Å². The molecule has 1 aliphatic heterocycles. The Bertz CT molecular complexity index is 354. The Balaban J connectivity index is 0.00000441. The molecule has 1 fully saturated rings. The fourth-order valence-electron chi connectivity index (χ4n) is 2.63. The highest BCUT2D eigenvalue weighted by atomic mass is 79.9. The highest BCUT2D eigenvalue weighted by molar-refractivity contribution is 5.70. The van der Waals surface area contributed by atoms with Crippen LogP contribution >= 0.6 is 0 Å². The number of rotatable bonds is 8. The number of esters is 1. The Morgan fingerprint density at radius 2 is 2.09 bits per heavy atom. The van der Waals surface area contributed by atoms with Crippen molar-refractivity contribution in [2.45, 2.75) is 45.4 Å². The molecular formula is C16H30BrNO4. The lowest BCUT2D eigenvalue weighted by Crippen LogP contribution is -3.00. The second-order valence-electron chi connectivity index (χ2n) is 6.23. The van der Waals surface area contributed by atoms with Crippen molar-refractivity contribution in [3.63, 3.8) is 0 Å². The summed E-state index contributed by atoms with van der Waals surface area (Å²) in [5.41, 5.74) is 1.00. The van der Waals surface area contributed by atoms with Crippen LogP contribution in [0.5, 0.6) is 0 Å². The van der Waals surface area contributed by atoms with Crippen LogP contribution < -0.4 is 17.0 Å². The summed E-state index contributed by atoms with van der Waals surface area (Å²) >= 11 is 0. The lowest BCUT2D eigenvalue weighted by atomic mass is 10.1. The van der Waals surface area contributed by atoms with Crippen LogP contribution in [0.4, 0.5) is 0 Å². The van der Waals surface area contributed by atoms with Crippen molar-refractivity contribution < 1.29 is 40.5 Å². The Labute approximate surface area is 145 Å². The Hall–Kier alpha value is -0.430. The third kappa shape index (κ3) is 7.22. The fourth-order valence-corrected chi connectivity index (χ4v) is 2.63. The van der Waals surface area contributed by atoms with Gasteiger partial charge in [0.1, 0.15) is 12.6 Å². The van der Waals surface area contributed by atoms with E-state index in [9.17, 15) is 4.79 Å². The van der Waals surface area contributed by atoms with E-state index in [2.05, 4.69) is 6.58 Å². The number of halogens is 1. The van der Waals surface area contributed by atoms with Crippen LogP contribution in [0, 0.1) is 0 Å². The fraction of sp³-hybridized carbons (Fsp3) is 0.812. The second-order valence-corrected chi connectivity index (χ2v) is 6.23. The summed E-state index contributed by atoms with van der Waals surface area (Å²) in [5.74, 6) is -0.192. The molecule has 1 heterocycles. The standard InChI is InChI=1S/C16H30NO4.BrH/c1-6-19-15(18)11-17(4,5)14(13(2)3)12-21-16-9-7-8-10-20-16;/h14,16H,2,6-12H2,1,3-5H3;1H/q+1;/p-1. The zero-order valence-corrected chi connectivity index (χ0v) is 15.9. The molecule has 6 heteroatoms. The maximum absolute atomic E-state index is 11.8. The number of quaternary nitrogens is 1. The average molecular weight is 380 g/mol. The first kappa shape index (κ1) is 21.6. The minimum atomic E-state index is -0.192. The van der Waals surface area contributed by atoms with Crippen molar-refractivity contribution in [3.05, 3.63) is 12.2 Å². The van der Waals surface area contributed by atoms with Crippen LogP contribution in [0.25, 0.3) is 0 Å². The summed E-state index contributed by atoms with van der Waals surface area (Å²) in [5, 5.41) is 0. The molecule has 0 aromatic carbocycles. The smallest absolute Gasteiger partial charge is 0.361 e. The molecule has 0 spiro atoms. The molecule has 0 radical (unpaired) electrons. The molecule has 0 amide bonds. The van der Waals surface area contributed by atoms with E-state index in [1.165, 1.54) is 0 Å². The van der Waals surface area contributed by atoms with E-state index in [0.717, 1.165) is 31.4 Å². The van der Waals surface area contributed by atoms with Gasteiger partial charge in [-0.2, -0.15) is 0 Å². The summed E-state index contributed by atoms with van der Waals surface area (Å²) in [6.45, 7) is 9.83. The third-order valence-corrected chi connectivity index (χ3v) is 3.83. The molecule has 0 bridgehead atoms. The van der Waals surface area contributed by atoms with Gasteiger partial charge in [-0.1, -0.05) is 6.58 Å². The minimum absolute atomic E-state index is 0. The third-order valence-electron chi connectivity index (χ3n) is 3.83. The predicted octanol–water partition coefficient (Wildman–Crippen LogP) is -0.882. The SMILES string of the molecule is C=C(C)C(COC1CCCCO1)[N+](C)(C)CC(=O)OCC.[Br-]. The largest absolute Gasteiger partial charge is 1.00 e. The highest BCUT2D eigenvalue weighted by Gasteiger charge is 2.33. The maximum Gasteiger partial charge on any atom is 0.361 e. The number of ether oxygens (including phenoxy) is 3. The topological polar surface area (TPSA) is 44.8 Å². The number of hydrogen-bond donors (Lipinski definition) is 0. The van der Waals surface area contributed by atoms with Crippen molar-refractivity contribution >= 4 is 5.97 Å². The molecule has 0 aliphatic carbocycles. The monoisotopic (exact) mass is 379 g/mol. The molecule has 1 aliphatic rings. The van der Waals surface area contributed by atoms with Crippen molar-refractivity contribution in [3.8, 4) is 0 Å². The number of hydrogen-bond acceptors (Lipinski definition) is 4. The maximum atomic E-state index is 11.8. The number of likely N-dealkylation sites (N-methyl/N-ethyl adjacent to an activating group) is 1. The van der Waals surface area contributed by atoms with Crippen molar-refractivity contribution in [2.75, 3.05) is 40.5 Å². The molecule has 2 atom stereocenters. The van der Waals surface area contributed by atoms with E-state index >= 15 is 0 Å². The molecule has 130 valence electrons. The number of carbonyl (C=O) groups is 1. The highest BCUT2D eigenvalue weighted by Crippen LogP contribution is 2.19. The summed E-state index contributed by atoms with van der Waals surface area (Å²) in [6, 6.07) is 0.0416. The summed E-state index contributed by atoms with van der Waals surface area (Å²) in [4.78, 5) is 11.8. The van der Waals surface area contributed by atoms with Crippen molar-refractivity contribution in [1.29, 1.82) is 0 Å². The second kappa shape index (κ2) is 10.4. The van der Waals surface area contributed by atoms with Gasteiger partial charge >= 0.3 is 5.97 Å². The van der Waals surface area contributed by atoms with Crippen LogP contribution in [-0.4, -0.2) is 63.2 Å². The van der Waals surface area contributed by atoms with Crippen molar-refractivity contribution in [1.82, 2.24) is 0 Å². The minimum Gasteiger partial charge on any atom is -1.00 e. The molecule has 0 saturated carbocycles. The average Bonchev–Trinajstić information content (AvgIpc) is 2.38. The first-order valence-corrected chi connectivity index (χ1v) is 7.73. The van der Waals surface area contributed by atoms with Crippen LogP contribution in [0.15, 0.2) is 12.2 Å².